The van der Waals surface area contributed by atoms with Gasteiger partial charge in [-0.3, -0.25) is 9.00 Å². The highest BCUT2D eigenvalue weighted by Gasteiger charge is 2.26. The largest absolute Gasteiger partial charge is 0.480 e. The van der Waals surface area contributed by atoms with Crippen LogP contribution in [0.5, 0.6) is 0 Å². The molecule has 1 aromatic carbocycles. The lowest BCUT2D eigenvalue weighted by atomic mass is 10.1. The minimum absolute atomic E-state index is 0.0142. The van der Waals surface area contributed by atoms with E-state index in [9.17, 15) is 14.1 Å². The predicted molar refractivity (Wildman–Crippen MR) is 73.3 cm³/mol. The summed E-state index contributed by atoms with van der Waals surface area (Å²) in [6, 6.07) is 9.26. The molecule has 104 valence electrons. The van der Waals surface area contributed by atoms with Crippen LogP contribution < -0.4 is 0 Å². The van der Waals surface area contributed by atoms with Crippen LogP contribution in [-0.2, 0) is 26.8 Å². The molecule has 1 aromatic rings. The zero-order valence-corrected chi connectivity index (χ0v) is 11.5. The summed E-state index contributed by atoms with van der Waals surface area (Å²) in [5.74, 6) is -0.424. The third kappa shape index (κ3) is 4.76. The first-order chi connectivity index (χ1) is 9.16. The Hall–Kier alpha value is -1.20. The van der Waals surface area contributed by atoms with E-state index in [1.54, 1.807) is 0 Å². The van der Waals surface area contributed by atoms with Crippen LogP contribution in [0.25, 0.3) is 0 Å². The molecule has 0 saturated heterocycles. The topological polar surface area (TPSA) is 63.6 Å². The molecular formula is C14H18O4S. The molecule has 5 heteroatoms. The third-order valence-electron chi connectivity index (χ3n) is 3.11. The number of rotatable bonds is 8. The van der Waals surface area contributed by atoms with Gasteiger partial charge in [-0.2, -0.15) is 0 Å². The van der Waals surface area contributed by atoms with Gasteiger partial charge in [0, 0.05) is 0 Å². The van der Waals surface area contributed by atoms with E-state index >= 15 is 0 Å². The van der Waals surface area contributed by atoms with Crippen LogP contribution in [0.3, 0.4) is 0 Å². The fraction of sp³-hybridized carbons (Fsp3) is 0.500. The first-order valence-corrected chi connectivity index (χ1v) is 7.76. The molecule has 0 heterocycles. The van der Waals surface area contributed by atoms with E-state index in [1.807, 2.05) is 30.3 Å². The highest BCUT2D eigenvalue weighted by atomic mass is 32.2. The van der Waals surface area contributed by atoms with Gasteiger partial charge >= 0.3 is 5.97 Å². The van der Waals surface area contributed by atoms with Crippen molar-refractivity contribution in [2.45, 2.75) is 24.5 Å². The Kier molecular flexibility index (Phi) is 5.10. The maximum atomic E-state index is 12.0. The Labute approximate surface area is 115 Å². The number of carboxylic acid groups (broad SMARTS) is 1. The van der Waals surface area contributed by atoms with Gasteiger partial charge in [-0.05, 0) is 30.7 Å². The van der Waals surface area contributed by atoms with Crippen LogP contribution in [0, 0.1) is 5.92 Å². The third-order valence-corrected chi connectivity index (χ3v) is 4.51. The normalized spacial score (nSPS) is 17.9. The van der Waals surface area contributed by atoms with E-state index in [-0.39, 0.29) is 12.4 Å². The minimum Gasteiger partial charge on any atom is -0.480 e. The van der Waals surface area contributed by atoms with Crippen molar-refractivity contribution in [2.24, 2.45) is 5.92 Å². The Bertz CT molecular complexity index is 442. The van der Waals surface area contributed by atoms with E-state index < -0.39 is 22.0 Å². The number of ether oxygens (including phenoxy) is 1. The predicted octanol–water partition coefficient (Wildman–Crippen LogP) is 1.82. The number of hydrogen-bond donors (Lipinski definition) is 1. The van der Waals surface area contributed by atoms with Crippen LogP contribution in [0.1, 0.15) is 18.4 Å². The van der Waals surface area contributed by atoms with E-state index in [2.05, 4.69) is 0 Å². The lowest BCUT2D eigenvalue weighted by Gasteiger charge is -2.12. The lowest BCUT2D eigenvalue weighted by molar-refractivity contribution is -0.136. The van der Waals surface area contributed by atoms with Gasteiger partial charge in [-0.1, -0.05) is 30.3 Å². The van der Waals surface area contributed by atoms with Crippen molar-refractivity contribution < 1.29 is 18.8 Å². The molecule has 4 nitrogen and oxygen atoms in total. The average molecular weight is 282 g/mol. The van der Waals surface area contributed by atoms with Crippen LogP contribution in [0.2, 0.25) is 0 Å². The molecule has 0 bridgehead atoms. The van der Waals surface area contributed by atoms with Crippen molar-refractivity contribution >= 4 is 16.8 Å². The summed E-state index contributed by atoms with van der Waals surface area (Å²) >= 11 is 0. The fourth-order valence-corrected chi connectivity index (χ4v) is 2.81. The van der Waals surface area contributed by atoms with Crippen molar-refractivity contribution in [1.29, 1.82) is 0 Å². The van der Waals surface area contributed by atoms with Gasteiger partial charge in [-0.15, -0.1) is 0 Å². The van der Waals surface area contributed by atoms with E-state index in [0.29, 0.717) is 12.5 Å². The van der Waals surface area contributed by atoms with Gasteiger partial charge < -0.3 is 9.84 Å². The first kappa shape index (κ1) is 14.2. The number of carboxylic acids is 1. The summed E-state index contributed by atoms with van der Waals surface area (Å²) in [4.78, 5) is 11.2. The second kappa shape index (κ2) is 6.82. The van der Waals surface area contributed by atoms with Crippen LogP contribution in [0.4, 0.5) is 0 Å². The van der Waals surface area contributed by atoms with E-state index in [4.69, 9.17) is 4.74 Å². The van der Waals surface area contributed by atoms with Crippen molar-refractivity contribution in [3.63, 3.8) is 0 Å². The van der Waals surface area contributed by atoms with Crippen LogP contribution in [0.15, 0.2) is 30.3 Å². The van der Waals surface area contributed by atoms with Gasteiger partial charge in [0.05, 0.1) is 17.4 Å². The molecule has 0 radical (unpaired) electrons. The molecule has 0 spiro atoms. The van der Waals surface area contributed by atoms with Crippen molar-refractivity contribution in [1.82, 2.24) is 0 Å². The number of hydrogen-bond acceptors (Lipinski definition) is 3. The average Bonchev–Trinajstić information content (AvgIpc) is 3.21. The van der Waals surface area contributed by atoms with E-state index in [0.717, 1.165) is 5.56 Å². The van der Waals surface area contributed by atoms with Gasteiger partial charge in [0.15, 0.2) is 0 Å². The highest BCUT2D eigenvalue weighted by Crippen LogP contribution is 2.28. The molecule has 1 fully saturated rings. The van der Waals surface area contributed by atoms with Gasteiger partial charge in [-0.25, -0.2) is 0 Å². The Balaban J connectivity index is 1.86. The zero-order valence-electron chi connectivity index (χ0n) is 10.7. The molecule has 1 saturated carbocycles. The number of carbonyl (C=O) groups is 1. The standard InChI is InChI=1S/C14H18O4S/c15-14(16)13(8-11-4-2-1-3-5-11)19(17)10-18-9-12-6-7-12/h1-5,12-13H,6-10H2,(H,15,16). The summed E-state index contributed by atoms with van der Waals surface area (Å²) in [5, 5.41) is 8.28. The summed E-state index contributed by atoms with van der Waals surface area (Å²) in [6.45, 7) is 0.601. The molecule has 19 heavy (non-hydrogen) atoms. The molecule has 1 N–H and O–H groups in total. The molecule has 2 unspecified atom stereocenters. The smallest absolute Gasteiger partial charge is 0.319 e. The number of benzene rings is 1. The maximum Gasteiger partial charge on any atom is 0.319 e. The van der Waals surface area contributed by atoms with Crippen molar-refractivity contribution in [3.05, 3.63) is 35.9 Å². The molecule has 0 aliphatic heterocycles. The summed E-state index contributed by atoms with van der Waals surface area (Å²) in [5.41, 5.74) is 0.880. The second-order valence-corrected chi connectivity index (χ2v) is 6.40. The Morgan fingerprint density at radius 3 is 2.63 bits per heavy atom. The quantitative estimate of drug-likeness (QED) is 0.790. The molecule has 1 aliphatic rings. The van der Waals surface area contributed by atoms with Crippen LogP contribution in [-0.4, -0.2) is 33.1 Å². The Morgan fingerprint density at radius 2 is 2.05 bits per heavy atom. The minimum atomic E-state index is -1.50. The summed E-state index contributed by atoms with van der Waals surface area (Å²) in [6.07, 6.45) is 2.60. The Morgan fingerprint density at radius 1 is 1.37 bits per heavy atom. The monoisotopic (exact) mass is 282 g/mol. The summed E-state index contributed by atoms with van der Waals surface area (Å²) in [7, 11) is -1.50. The SMILES string of the molecule is O=C(O)C(Cc1ccccc1)S(=O)COCC1CC1. The number of aliphatic carboxylic acids is 1. The van der Waals surface area contributed by atoms with Crippen LogP contribution >= 0.6 is 0 Å². The van der Waals surface area contributed by atoms with Gasteiger partial charge in [0.2, 0.25) is 0 Å². The van der Waals surface area contributed by atoms with Crippen molar-refractivity contribution in [2.75, 3.05) is 12.5 Å². The first-order valence-electron chi connectivity index (χ1n) is 6.38. The molecule has 1 aliphatic carbocycles. The molecule has 2 atom stereocenters. The maximum absolute atomic E-state index is 12.0. The summed E-state index contributed by atoms with van der Waals surface area (Å²) < 4.78 is 17.3. The van der Waals surface area contributed by atoms with E-state index in [1.165, 1.54) is 12.8 Å². The van der Waals surface area contributed by atoms with Gasteiger partial charge in [0.1, 0.15) is 11.2 Å². The molecule has 0 aromatic heterocycles. The van der Waals surface area contributed by atoms with Crippen molar-refractivity contribution in [3.8, 4) is 0 Å². The molecule has 0 amide bonds. The molecular weight excluding hydrogens is 264 g/mol. The van der Waals surface area contributed by atoms with Gasteiger partial charge in [0.25, 0.3) is 0 Å². The zero-order chi connectivity index (χ0) is 13.7. The second-order valence-electron chi connectivity index (χ2n) is 4.83. The fourth-order valence-electron chi connectivity index (χ4n) is 1.78. The lowest BCUT2D eigenvalue weighted by Crippen LogP contribution is -2.30. The highest BCUT2D eigenvalue weighted by molar-refractivity contribution is 7.86. The molecule has 2 rings (SSSR count).